The number of hydrogen-bond acceptors (Lipinski definition) is 4. The monoisotopic (exact) mass is 325 g/mol. The van der Waals surface area contributed by atoms with E-state index in [2.05, 4.69) is 15.3 Å². The Labute approximate surface area is 137 Å². The van der Waals surface area contributed by atoms with E-state index in [0.29, 0.717) is 23.5 Å². The number of aryl methyl sites for hydroxylation is 1. The second-order valence-corrected chi connectivity index (χ2v) is 5.77. The van der Waals surface area contributed by atoms with Crippen molar-refractivity contribution in [3.05, 3.63) is 68.8 Å². The first-order valence-corrected chi connectivity index (χ1v) is 8.14. The van der Waals surface area contributed by atoms with Gasteiger partial charge in [-0.1, -0.05) is 19.1 Å². The highest BCUT2D eigenvalue weighted by molar-refractivity contribution is 7.08. The van der Waals surface area contributed by atoms with Gasteiger partial charge in [0.25, 0.3) is 11.5 Å². The highest BCUT2D eigenvalue weighted by Gasteiger charge is 2.08. The minimum absolute atomic E-state index is 0.160. The van der Waals surface area contributed by atoms with E-state index in [-0.39, 0.29) is 11.5 Å². The minimum Gasteiger partial charge on any atom is -0.322 e. The number of benzene rings is 1. The molecule has 2 N–H and O–H groups in total. The molecule has 0 fully saturated rings. The average molecular weight is 325 g/mol. The maximum absolute atomic E-state index is 12.1. The first kappa shape index (κ1) is 15.2. The zero-order valence-electron chi connectivity index (χ0n) is 12.5. The number of nitrogens with zero attached hydrogens (tertiary/aromatic N) is 1. The van der Waals surface area contributed by atoms with Gasteiger partial charge < -0.3 is 10.3 Å². The molecule has 3 aromatic rings. The van der Waals surface area contributed by atoms with Crippen molar-refractivity contribution < 1.29 is 4.79 Å². The summed E-state index contributed by atoms with van der Waals surface area (Å²) >= 11 is 1.47. The molecule has 2 aromatic heterocycles. The molecule has 2 heterocycles. The molecular weight excluding hydrogens is 310 g/mol. The Morgan fingerprint density at radius 1 is 1.30 bits per heavy atom. The first-order chi connectivity index (χ1) is 11.2. The van der Waals surface area contributed by atoms with E-state index in [1.54, 1.807) is 23.6 Å². The van der Waals surface area contributed by atoms with Gasteiger partial charge in [0.15, 0.2) is 0 Å². The van der Waals surface area contributed by atoms with E-state index >= 15 is 0 Å². The predicted molar refractivity (Wildman–Crippen MR) is 91.9 cm³/mol. The van der Waals surface area contributed by atoms with Crippen molar-refractivity contribution >= 4 is 22.9 Å². The van der Waals surface area contributed by atoms with Crippen LogP contribution >= 0.6 is 11.3 Å². The number of hydrogen-bond donors (Lipinski definition) is 2. The van der Waals surface area contributed by atoms with E-state index < -0.39 is 0 Å². The highest BCUT2D eigenvalue weighted by Crippen LogP contribution is 2.20. The number of anilines is 1. The summed E-state index contributed by atoms with van der Waals surface area (Å²) in [5, 5.41) is 6.50. The van der Waals surface area contributed by atoms with Crippen LogP contribution in [0.5, 0.6) is 0 Å². The molecule has 6 heteroatoms. The van der Waals surface area contributed by atoms with E-state index in [1.807, 2.05) is 24.4 Å². The molecule has 0 atom stereocenters. The third kappa shape index (κ3) is 3.54. The molecular formula is C17H15N3O2S. The lowest BCUT2D eigenvalue weighted by molar-refractivity contribution is 0.102. The zero-order valence-corrected chi connectivity index (χ0v) is 13.3. The Bertz CT molecular complexity index is 885. The van der Waals surface area contributed by atoms with Gasteiger partial charge in [0.05, 0.1) is 5.56 Å². The van der Waals surface area contributed by atoms with Crippen molar-refractivity contribution in [1.82, 2.24) is 9.97 Å². The second kappa shape index (κ2) is 6.58. The fourth-order valence-corrected chi connectivity index (χ4v) is 2.80. The quantitative estimate of drug-likeness (QED) is 0.773. The number of carbonyl (C=O) groups excluding carboxylic acids is 1. The van der Waals surface area contributed by atoms with Crippen molar-refractivity contribution in [1.29, 1.82) is 0 Å². The van der Waals surface area contributed by atoms with Crippen LogP contribution in [0.4, 0.5) is 5.69 Å². The molecule has 0 aliphatic heterocycles. The molecule has 0 radical (unpaired) electrons. The lowest BCUT2D eigenvalue weighted by Crippen LogP contribution is -2.12. The lowest BCUT2D eigenvalue weighted by Gasteiger charge is -2.07. The summed E-state index contributed by atoms with van der Waals surface area (Å²) in [4.78, 5) is 31.0. The summed E-state index contributed by atoms with van der Waals surface area (Å²) < 4.78 is 0. The van der Waals surface area contributed by atoms with E-state index in [0.717, 1.165) is 11.3 Å². The van der Waals surface area contributed by atoms with Gasteiger partial charge in [-0.05, 0) is 30.0 Å². The number of nitrogens with one attached hydrogen (secondary N) is 2. The lowest BCUT2D eigenvalue weighted by atomic mass is 10.1. The molecule has 1 aromatic carbocycles. The summed E-state index contributed by atoms with van der Waals surface area (Å²) in [7, 11) is 0. The standard InChI is InChI=1S/C17H15N3O2S/c1-2-13-9-15(21)20-16(18-13)11-4-3-5-14(8-11)19-17(22)12-6-7-23-10-12/h3-10H,2H2,1H3,(H,19,22)(H,18,20,21). The van der Waals surface area contributed by atoms with Gasteiger partial charge in [0.1, 0.15) is 5.82 Å². The van der Waals surface area contributed by atoms with Crippen LogP contribution in [0, 0.1) is 0 Å². The third-order valence-electron chi connectivity index (χ3n) is 3.33. The van der Waals surface area contributed by atoms with Crippen LogP contribution in [0.1, 0.15) is 23.0 Å². The molecule has 1 amide bonds. The van der Waals surface area contributed by atoms with Crippen LogP contribution in [0.15, 0.2) is 52.0 Å². The molecule has 0 aliphatic rings. The van der Waals surface area contributed by atoms with Gasteiger partial charge in [-0.15, -0.1) is 0 Å². The van der Waals surface area contributed by atoms with Gasteiger partial charge in [-0.25, -0.2) is 4.98 Å². The smallest absolute Gasteiger partial charge is 0.256 e. The summed E-state index contributed by atoms with van der Waals surface area (Å²) in [5.41, 5.74) is 2.58. The van der Waals surface area contributed by atoms with E-state index in [9.17, 15) is 9.59 Å². The summed E-state index contributed by atoms with van der Waals surface area (Å²) in [6.45, 7) is 1.95. The molecule has 0 saturated carbocycles. The number of aromatic amines is 1. The van der Waals surface area contributed by atoms with Crippen LogP contribution in [-0.2, 0) is 6.42 Å². The van der Waals surface area contributed by atoms with Crippen molar-refractivity contribution in [2.45, 2.75) is 13.3 Å². The molecule has 116 valence electrons. The Morgan fingerprint density at radius 2 is 2.17 bits per heavy atom. The summed E-state index contributed by atoms with van der Waals surface area (Å²) in [6.07, 6.45) is 0.686. The molecule has 0 unspecified atom stereocenters. The molecule has 0 spiro atoms. The van der Waals surface area contributed by atoms with Crippen molar-refractivity contribution in [2.75, 3.05) is 5.32 Å². The van der Waals surface area contributed by atoms with E-state index in [1.165, 1.54) is 17.4 Å². The van der Waals surface area contributed by atoms with Crippen molar-refractivity contribution in [3.63, 3.8) is 0 Å². The Morgan fingerprint density at radius 3 is 2.91 bits per heavy atom. The fraction of sp³-hybridized carbons (Fsp3) is 0.118. The molecule has 0 bridgehead atoms. The van der Waals surface area contributed by atoms with Gasteiger partial charge in [0, 0.05) is 28.4 Å². The number of rotatable bonds is 4. The fourth-order valence-electron chi connectivity index (χ4n) is 2.17. The summed E-state index contributed by atoms with van der Waals surface area (Å²) in [5.74, 6) is 0.341. The van der Waals surface area contributed by atoms with Gasteiger partial charge in [-0.3, -0.25) is 9.59 Å². The third-order valence-corrected chi connectivity index (χ3v) is 4.02. The molecule has 0 saturated heterocycles. The Hall–Kier alpha value is -2.73. The normalized spacial score (nSPS) is 10.5. The summed E-state index contributed by atoms with van der Waals surface area (Å²) in [6, 6.07) is 10.5. The van der Waals surface area contributed by atoms with Crippen molar-refractivity contribution in [2.24, 2.45) is 0 Å². The van der Waals surface area contributed by atoms with Gasteiger partial charge >= 0.3 is 0 Å². The molecule has 5 nitrogen and oxygen atoms in total. The number of carbonyl (C=O) groups is 1. The van der Waals surface area contributed by atoms with Crippen LogP contribution in [0.2, 0.25) is 0 Å². The molecule has 23 heavy (non-hydrogen) atoms. The topological polar surface area (TPSA) is 74.8 Å². The zero-order chi connectivity index (χ0) is 16.2. The van der Waals surface area contributed by atoms with E-state index in [4.69, 9.17) is 0 Å². The maximum Gasteiger partial charge on any atom is 0.256 e. The van der Waals surface area contributed by atoms with Gasteiger partial charge in [0.2, 0.25) is 0 Å². The van der Waals surface area contributed by atoms with Crippen LogP contribution in [0.3, 0.4) is 0 Å². The molecule has 3 rings (SSSR count). The number of H-pyrrole nitrogens is 1. The number of amides is 1. The SMILES string of the molecule is CCc1cc(=O)[nH]c(-c2cccc(NC(=O)c3ccsc3)c2)n1. The first-order valence-electron chi connectivity index (χ1n) is 7.20. The predicted octanol–water partition coefficient (Wildman–Crippen LogP) is 3.31. The molecule has 0 aliphatic carbocycles. The Balaban J connectivity index is 1.89. The van der Waals surface area contributed by atoms with Crippen molar-refractivity contribution in [3.8, 4) is 11.4 Å². The Kier molecular flexibility index (Phi) is 4.34. The van der Waals surface area contributed by atoms with Crippen LogP contribution in [-0.4, -0.2) is 15.9 Å². The second-order valence-electron chi connectivity index (χ2n) is 4.99. The minimum atomic E-state index is -0.181. The van der Waals surface area contributed by atoms with Crippen LogP contribution in [0.25, 0.3) is 11.4 Å². The number of thiophene rings is 1. The highest BCUT2D eigenvalue weighted by atomic mass is 32.1. The van der Waals surface area contributed by atoms with Gasteiger partial charge in [-0.2, -0.15) is 11.3 Å². The maximum atomic E-state index is 12.1. The van der Waals surface area contributed by atoms with Crippen LogP contribution < -0.4 is 10.9 Å². The average Bonchev–Trinajstić information content (AvgIpc) is 3.09. The largest absolute Gasteiger partial charge is 0.322 e. The number of aromatic nitrogens is 2.